The summed E-state index contributed by atoms with van der Waals surface area (Å²) in [7, 11) is 0. The van der Waals surface area contributed by atoms with Gasteiger partial charge in [-0.1, -0.05) is 52.8 Å². The minimum atomic E-state index is 0.0955. The summed E-state index contributed by atoms with van der Waals surface area (Å²) < 4.78 is 0. The lowest BCUT2D eigenvalue weighted by Crippen LogP contribution is -2.12. The molecule has 2 heteroatoms. The average molecular weight is 254 g/mol. The van der Waals surface area contributed by atoms with Crippen molar-refractivity contribution in [2.24, 2.45) is 0 Å². The molecule has 0 saturated carbocycles. The van der Waals surface area contributed by atoms with Crippen LogP contribution in [0.4, 0.5) is 0 Å². The zero-order chi connectivity index (χ0) is 14.0. The third-order valence-electron chi connectivity index (χ3n) is 3.33. The Bertz CT molecular complexity index is 548. The molecular formula is C17H22N2. The van der Waals surface area contributed by atoms with Crippen molar-refractivity contribution in [1.82, 2.24) is 9.97 Å². The van der Waals surface area contributed by atoms with Gasteiger partial charge in [-0.25, -0.2) is 9.97 Å². The monoisotopic (exact) mass is 254 g/mol. The van der Waals surface area contributed by atoms with Gasteiger partial charge in [0.1, 0.15) is 0 Å². The summed E-state index contributed by atoms with van der Waals surface area (Å²) in [6.45, 7) is 10.9. The number of nitrogens with zero attached hydrogens (tertiary/aromatic N) is 2. The Labute approximate surface area is 115 Å². The second-order valence-corrected chi connectivity index (χ2v) is 6.33. The topological polar surface area (TPSA) is 25.8 Å². The Kier molecular flexibility index (Phi) is 3.70. The third kappa shape index (κ3) is 3.19. The lowest BCUT2D eigenvalue weighted by molar-refractivity contribution is 0.584. The molecule has 0 atom stereocenters. The largest absolute Gasteiger partial charge is 0.236 e. The highest BCUT2D eigenvalue weighted by molar-refractivity contribution is 5.56. The SMILES string of the molecule is CC(C)c1cccc(-c2ncc(C(C)(C)C)cn2)c1. The Morgan fingerprint density at radius 2 is 1.63 bits per heavy atom. The highest BCUT2D eigenvalue weighted by atomic mass is 14.9. The van der Waals surface area contributed by atoms with Crippen molar-refractivity contribution in [1.29, 1.82) is 0 Å². The van der Waals surface area contributed by atoms with Crippen molar-refractivity contribution in [2.45, 2.75) is 46.0 Å². The minimum absolute atomic E-state index is 0.0955. The van der Waals surface area contributed by atoms with Gasteiger partial charge in [0.25, 0.3) is 0 Å². The van der Waals surface area contributed by atoms with Gasteiger partial charge in [0, 0.05) is 18.0 Å². The highest BCUT2D eigenvalue weighted by Gasteiger charge is 2.14. The van der Waals surface area contributed by atoms with Gasteiger partial charge in [0.05, 0.1) is 0 Å². The van der Waals surface area contributed by atoms with Crippen molar-refractivity contribution in [3.8, 4) is 11.4 Å². The van der Waals surface area contributed by atoms with Crippen LogP contribution in [-0.2, 0) is 5.41 Å². The van der Waals surface area contributed by atoms with Crippen molar-refractivity contribution in [3.05, 3.63) is 47.8 Å². The second kappa shape index (κ2) is 5.12. The molecule has 2 rings (SSSR count). The summed E-state index contributed by atoms with van der Waals surface area (Å²) in [4.78, 5) is 9.01. The molecule has 0 N–H and O–H groups in total. The van der Waals surface area contributed by atoms with Gasteiger partial charge in [-0.3, -0.25) is 0 Å². The van der Waals surface area contributed by atoms with Gasteiger partial charge in [-0.15, -0.1) is 0 Å². The number of aromatic nitrogens is 2. The molecule has 0 saturated heterocycles. The van der Waals surface area contributed by atoms with Gasteiger partial charge < -0.3 is 0 Å². The van der Waals surface area contributed by atoms with Crippen LogP contribution in [0.2, 0.25) is 0 Å². The van der Waals surface area contributed by atoms with Gasteiger partial charge in [-0.05, 0) is 28.5 Å². The van der Waals surface area contributed by atoms with Crippen LogP contribution in [0.25, 0.3) is 11.4 Å². The molecule has 0 aliphatic rings. The normalized spacial score (nSPS) is 11.9. The van der Waals surface area contributed by atoms with Crippen LogP contribution in [0.3, 0.4) is 0 Å². The van der Waals surface area contributed by atoms with E-state index in [9.17, 15) is 0 Å². The molecule has 100 valence electrons. The van der Waals surface area contributed by atoms with E-state index in [0.29, 0.717) is 5.92 Å². The molecule has 19 heavy (non-hydrogen) atoms. The van der Waals surface area contributed by atoms with Crippen LogP contribution in [0.5, 0.6) is 0 Å². The first-order valence-electron chi connectivity index (χ1n) is 6.81. The first kappa shape index (κ1) is 13.7. The first-order valence-corrected chi connectivity index (χ1v) is 6.81. The van der Waals surface area contributed by atoms with E-state index < -0.39 is 0 Å². The summed E-state index contributed by atoms with van der Waals surface area (Å²) in [5.74, 6) is 1.32. The van der Waals surface area contributed by atoms with E-state index in [4.69, 9.17) is 0 Å². The minimum Gasteiger partial charge on any atom is -0.236 e. The molecule has 0 unspecified atom stereocenters. The van der Waals surface area contributed by atoms with Crippen molar-refractivity contribution in [2.75, 3.05) is 0 Å². The number of rotatable bonds is 2. The quantitative estimate of drug-likeness (QED) is 0.785. The molecule has 2 nitrogen and oxygen atoms in total. The van der Waals surface area contributed by atoms with E-state index in [1.165, 1.54) is 5.56 Å². The molecule has 0 spiro atoms. The Morgan fingerprint density at radius 1 is 1.00 bits per heavy atom. The van der Waals surface area contributed by atoms with Crippen LogP contribution in [-0.4, -0.2) is 9.97 Å². The molecule has 0 radical (unpaired) electrons. The third-order valence-corrected chi connectivity index (χ3v) is 3.33. The fourth-order valence-electron chi connectivity index (χ4n) is 1.90. The molecule has 0 fully saturated rings. The van der Waals surface area contributed by atoms with E-state index in [1.807, 2.05) is 12.4 Å². The predicted octanol–water partition coefficient (Wildman–Crippen LogP) is 4.56. The standard InChI is InChI=1S/C17H22N2/c1-12(2)13-7-6-8-14(9-13)16-18-10-15(11-19-16)17(3,4)5/h6-12H,1-5H3. The summed E-state index contributed by atoms with van der Waals surface area (Å²) in [5, 5.41) is 0. The maximum absolute atomic E-state index is 4.50. The van der Waals surface area contributed by atoms with Crippen LogP contribution in [0, 0.1) is 0 Å². The second-order valence-electron chi connectivity index (χ2n) is 6.33. The van der Waals surface area contributed by atoms with Gasteiger partial charge in [0.2, 0.25) is 0 Å². The zero-order valence-corrected chi connectivity index (χ0v) is 12.4. The van der Waals surface area contributed by atoms with E-state index in [2.05, 4.69) is 68.9 Å². The van der Waals surface area contributed by atoms with Crippen LogP contribution in [0.1, 0.15) is 51.7 Å². The average Bonchev–Trinajstić information content (AvgIpc) is 2.38. The number of hydrogen-bond donors (Lipinski definition) is 0. The fraction of sp³-hybridized carbons (Fsp3) is 0.412. The molecular weight excluding hydrogens is 232 g/mol. The van der Waals surface area contributed by atoms with Gasteiger partial charge >= 0.3 is 0 Å². The molecule has 0 amide bonds. The Balaban J connectivity index is 2.35. The molecule has 0 aliphatic carbocycles. The number of benzene rings is 1. The molecule has 2 aromatic rings. The maximum atomic E-state index is 4.50. The van der Waals surface area contributed by atoms with Crippen LogP contribution < -0.4 is 0 Å². The van der Waals surface area contributed by atoms with Crippen LogP contribution >= 0.6 is 0 Å². The zero-order valence-electron chi connectivity index (χ0n) is 12.4. The summed E-state index contributed by atoms with van der Waals surface area (Å²) in [6, 6.07) is 8.47. The van der Waals surface area contributed by atoms with E-state index in [-0.39, 0.29) is 5.41 Å². The smallest absolute Gasteiger partial charge is 0.159 e. The predicted molar refractivity (Wildman–Crippen MR) is 80.3 cm³/mol. The lowest BCUT2D eigenvalue weighted by atomic mass is 9.89. The summed E-state index contributed by atoms with van der Waals surface area (Å²) in [6.07, 6.45) is 3.87. The van der Waals surface area contributed by atoms with Crippen molar-refractivity contribution < 1.29 is 0 Å². The fourth-order valence-corrected chi connectivity index (χ4v) is 1.90. The van der Waals surface area contributed by atoms with Gasteiger partial charge in [0.15, 0.2) is 5.82 Å². The highest BCUT2D eigenvalue weighted by Crippen LogP contribution is 2.24. The summed E-state index contributed by atoms with van der Waals surface area (Å²) >= 11 is 0. The maximum Gasteiger partial charge on any atom is 0.159 e. The van der Waals surface area contributed by atoms with Gasteiger partial charge in [-0.2, -0.15) is 0 Å². The molecule has 1 heterocycles. The van der Waals surface area contributed by atoms with Crippen LogP contribution in [0.15, 0.2) is 36.7 Å². The lowest BCUT2D eigenvalue weighted by Gasteiger charge is -2.17. The molecule has 0 bridgehead atoms. The Morgan fingerprint density at radius 3 is 2.16 bits per heavy atom. The number of hydrogen-bond acceptors (Lipinski definition) is 2. The first-order chi connectivity index (χ1) is 8.88. The molecule has 0 aliphatic heterocycles. The molecule has 1 aromatic heterocycles. The van der Waals surface area contributed by atoms with E-state index in [1.54, 1.807) is 0 Å². The molecule has 1 aromatic carbocycles. The Hall–Kier alpha value is -1.70. The summed E-state index contributed by atoms with van der Waals surface area (Å²) in [5.41, 5.74) is 3.67. The van der Waals surface area contributed by atoms with Crippen molar-refractivity contribution in [3.63, 3.8) is 0 Å². The van der Waals surface area contributed by atoms with E-state index in [0.717, 1.165) is 17.0 Å². The van der Waals surface area contributed by atoms with E-state index >= 15 is 0 Å². The van der Waals surface area contributed by atoms with Crippen molar-refractivity contribution >= 4 is 0 Å².